The van der Waals surface area contributed by atoms with Crippen LogP contribution in [-0.4, -0.2) is 35.6 Å². The third-order valence-corrected chi connectivity index (χ3v) is 5.58. The number of ether oxygens (including phenoxy) is 2. The van der Waals surface area contributed by atoms with Crippen molar-refractivity contribution in [2.45, 2.75) is 24.8 Å². The van der Waals surface area contributed by atoms with Gasteiger partial charge < -0.3 is 15.2 Å². The van der Waals surface area contributed by atoms with Gasteiger partial charge in [-0.05, 0) is 72.4 Å². The molecule has 1 unspecified atom stereocenters. The maximum Gasteiger partial charge on any atom is 0.242 e. The SMILES string of the molecule is NC(=O)C(CCc1ccncc1)(NCCc1ccncc1)c1ccc2c(c1)OCCO2. The molecule has 1 aliphatic heterocycles. The monoisotopic (exact) mass is 418 g/mol. The van der Waals surface area contributed by atoms with Crippen molar-refractivity contribution >= 4 is 5.91 Å². The van der Waals surface area contributed by atoms with E-state index in [1.807, 2.05) is 42.5 Å². The van der Waals surface area contributed by atoms with Crippen LogP contribution in [-0.2, 0) is 23.2 Å². The normalized spacial score (nSPS) is 14.6. The molecule has 1 aliphatic rings. The molecule has 1 atom stereocenters. The van der Waals surface area contributed by atoms with Gasteiger partial charge in [0.25, 0.3) is 0 Å². The molecule has 0 fully saturated rings. The van der Waals surface area contributed by atoms with Gasteiger partial charge in [0.05, 0.1) is 0 Å². The van der Waals surface area contributed by atoms with E-state index in [1.54, 1.807) is 24.8 Å². The van der Waals surface area contributed by atoms with Gasteiger partial charge >= 0.3 is 0 Å². The molecular formula is C24H26N4O3. The minimum absolute atomic E-state index is 0.423. The van der Waals surface area contributed by atoms with Gasteiger partial charge in [0, 0.05) is 31.3 Å². The van der Waals surface area contributed by atoms with Crippen molar-refractivity contribution in [3.8, 4) is 11.5 Å². The van der Waals surface area contributed by atoms with E-state index in [0.29, 0.717) is 44.1 Å². The highest BCUT2D eigenvalue weighted by Gasteiger charge is 2.38. The molecule has 2 aromatic heterocycles. The standard InChI is InChI=1S/C24H26N4O3/c25-23(29)24(9-3-18-4-10-26-11-5-18,28-14-8-19-6-12-27-13-7-19)20-1-2-21-22(17-20)31-16-15-30-21/h1-2,4-7,10-13,17,28H,3,8-9,14-16H2,(H2,25,29). The Morgan fingerprint density at radius 2 is 1.52 bits per heavy atom. The first-order valence-electron chi connectivity index (χ1n) is 10.4. The predicted molar refractivity (Wildman–Crippen MR) is 117 cm³/mol. The molecule has 1 amide bonds. The van der Waals surface area contributed by atoms with Gasteiger partial charge in [0.2, 0.25) is 5.91 Å². The average Bonchev–Trinajstić information content (AvgIpc) is 2.82. The molecule has 0 radical (unpaired) electrons. The van der Waals surface area contributed by atoms with Crippen LogP contribution in [0.1, 0.15) is 23.1 Å². The number of nitrogens with one attached hydrogen (secondary N) is 1. The Balaban J connectivity index is 1.62. The Bertz CT molecular complexity index is 1010. The molecule has 0 bridgehead atoms. The van der Waals surface area contributed by atoms with Gasteiger partial charge in [-0.1, -0.05) is 6.07 Å². The number of fused-ring (bicyclic) bond motifs is 1. The zero-order valence-corrected chi connectivity index (χ0v) is 17.3. The second kappa shape index (κ2) is 9.57. The third kappa shape index (κ3) is 4.83. The molecule has 1 aromatic carbocycles. The molecule has 3 N–H and O–H groups in total. The highest BCUT2D eigenvalue weighted by Crippen LogP contribution is 2.36. The van der Waals surface area contributed by atoms with E-state index >= 15 is 0 Å². The second-order valence-corrected chi connectivity index (χ2v) is 7.52. The van der Waals surface area contributed by atoms with E-state index in [2.05, 4.69) is 15.3 Å². The Hall–Kier alpha value is -3.45. The summed E-state index contributed by atoms with van der Waals surface area (Å²) in [5.74, 6) is 0.890. The van der Waals surface area contributed by atoms with Gasteiger partial charge in [-0.25, -0.2) is 0 Å². The molecule has 0 aliphatic carbocycles. The van der Waals surface area contributed by atoms with Crippen molar-refractivity contribution in [2.24, 2.45) is 5.73 Å². The van der Waals surface area contributed by atoms with E-state index in [1.165, 1.54) is 0 Å². The fourth-order valence-corrected chi connectivity index (χ4v) is 3.85. The van der Waals surface area contributed by atoms with Gasteiger partial charge in [-0.2, -0.15) is 0 Å². The number of carbonyl (C=O) groups excluding carboxylic acids is 1. The minimum atomic E-state index is -1.05. The van der Waals surface area contributed by atoms with Crippen LogP contribution in [0.3, 0.4) is 0 Å². The molecule has 0 spiro atoms. The number of primary amides is 1. The summed E-state index contributed by atoms with van der Waals surface area (Å²) in [4.78, 5) is 21.0. The molecular weight excluding hydrogens is 392 g/mol. The number of aromatic nitrogens is 2. The van der Waals surface area contributed by atoms with Crippen LogP contribution in [0.5, 0.6) is 11.5 Å². The maximum absolute atomic E-state index is 12.9. The zero-order valence-electron chi connectivity index (χ0n) is 17.3. The summed E-state index contributed by atoms with van der Waals surface area (Å²) >= 11 is 0. The van der Waals surface area contributed by atoms with Crippen molar-refractivity contribution in [1.29, 1.82) is 0 Å². The number of carbonyl (C=O) groups is 1. The van der Waals surface area contributed by atoms with Gasteiger partial charge in [-0.3, -0.25) is 20.1 Å². The van der Waals surface area contributed by atoms with E-state index in [-0.39, 0.29) is 0 Å². The van der Waals surface area contributed by atoms with Crippen LogP contribution in [0.25, 0.3) is 0 Å². The number of amides is 1. The maximum atomic E-state index is 12.9. The van der Waals surface area contributed by atoms with Crippen LogP contribution >= 0.6 is 0 Å². The Kier molecular flexibility index (Phi) is 6.43. The molecule has 31 heavy (non-hydrogen) atoms. The smallest absolute Gasteiger partial charge is 0.242 e. The van der Waals surface area contributed by atoms with Crippen LogP contribution in [0.2, 0.25) is 0 Å². The number of hydrogen-bond acceptors (Lipinski definition) is 6. The molecule has 4 rings (SSSR count). The first-order valence-corrected chi connectivity index (χ1v) is 10.4. The number of rotatable bonds is 9. The van der Waals surface area contributed by atoms with E-state index in [0.717, 1.165) is 23.1 Å². The van der Waals surface area contributed by atoms with Gasteiger partial charge in [0.1, 0.15) is 18.8 Å². The third-order valence-electron chi connectivity index (χ3n) is 5.58. The van der Waals surface area contributed by atoms with E-state index in [9.17, 15) is 4.79 Å². The lowest BCUT2D eigenvalue weighted by atomic mass is 9.83. The highest BCUT2D eigenvalue weighted by molar-refractivity contribution is 5.86. The van der Waals surface area contributed by atoms with Gasteiger partial charge in [0.15, 0.2) is 11.5 Å². The van der Waals surface area contributed by atoms with Crippen molar-refractivity contribution in [3.63, 3.8) is 0 Å². The summed E-state index contributed by atoms with van der Waals surface area (Å²) in [7, 11) is 0. The van der Waals surface area contributed by atoms with E-state index < -0.39 is 11.4 Å². The molecule has 0 saturated heterocycles. The van der Waals surface area contributed by atoms with Crippen molar-refractivity contribution < 1.29 is 14.3 Å². The summed E-state index contributed by atoms with van der Waals surface area (Å²) < 4.78 is 11.4. The van der Waals surface area contributed by atoms with Crippen LogP contribution in [0.4, 0.5) is 0 Å². The Labute approximate surface area is 181 Å². The number of pyridine rings is 2. The lowest BCUT2D eigenvalue weighted by Gasteiger charge is -2.33. The minimum Gasteiger partial charge on any atom is -0.486 e. The van der Waals surface area contributed by atoms with Crippen LogP contribution < -0.4 is 20.5 Å². The number of nitrogens with two attached hydrogens (primary N) is 1. The quantitative estimate of drug-likeness (QED) is 0.554. The average molecular weight is 418 g/mol. The Morgan fingerprint density at radius 3 is 2.16 bits per heavy atom. The zero-order chi connectivity index (χ0) is 21.5. The van der Waals surface area contributed by atoms with Crippen molar-refractivity contribution in [2.75, 3.05) is 19.8 Å². The van der Waals surface area contributed by atoms with Crippen LogP contribution in [0, 0.1) is 0 Å². The van der Waals surface area contributed by atoms with Gasteiger partial charge in [-0.15, -0.1) is 0 Å². The lowest BCUT2D eigenvalue weighted by molar-refractivity contribution is -0.125. The molecule has 7 nitrogen and oxygen atoms in total. The first kappa shape index (κ1) is 20.8. The first-order chi connectivity index (χ1) is 15.2. The fourth-order valence-electron chi connectivity index (χ4n) is 3.85. The van der Waals surface area contributed by atoms with E-state index in [4.69, 9.17) is 15.2 Å². The Morgan fingerprint density at radius 1 is 0.903 bits per heavy atom. The summed E-state index contributed by atoms with van der Waals surface area (Å²) in [6.07, 6.45) is 8.95. The largest absolute Gasteiger partial charge is 0.486 e. The summed E-state index contributed by atoms with van der Waals surface area (Å²) in [5.41, 5.74) is 7.98. The molecule has 3 heterocycles. The summed E-state index contributed by atoms with van der Waals surface area (Å²) in [6, 6.07) is 13.4. The molecule has 3 aromatic rings. The number of aryl methyl sites for hydroxylation is 1. The van der Waals surface area contributed by atoms with Crippen molar-refractivity contribution in [3.05, 3.63) is 83.9 Å². The molecule has 0 saturated carbocycles. The summed E-state index contributed by atoms with van der Waals surface area (Å²) in [6.45, 7) is 1.57. The second-order valence-electron chi connectivity index (χ2n) is 7.52. The topological polar surface area (TPSA) is 99.4 Å². The predicted octanol–water partition coefficient (Wildman–Crippen LogP) is 2.39. The lowest BCUT2D eigenvalue weighted by Crippen LogP contribution is -2.53. The highest BCUT2D eigenvalue weighted by atomic mass is 16.6. The number of nitrogens with zero attached hydrogens (tertiary/aromatic N) is 2. The fraction of sp³-hybridized carbons (Fsp3) is 0.292. The van der Waals surface area contributed by atoms with Crippen LogP contribution in [0.15, 0.2) is 67.3 Å². The summed E-state index contributed by atoms with van der Waals surface area (Å²) in [5, 5.41) is 3.47. The van der Waals surface area contributed by atoms with Crippen molar-refractivity contribution in [1.82, 2.24) is 15.3 Å². The number of benzene rings is 1. The molecule has 160 valence electrons. The number of hydrogen-bond donors (Lipinski definition) is 2. The molecule has 7 heteroatoms.